The molecule has 0 aliphatic heterocycles. The Labute approximate surface area is 303 Å². The standard InChI is InChI=1S/2C12H10N2O.4C2H4O2.2Zn/c2*15-12(10-4-2-1-3-5-10)14-11-6-8-13-9-7-11;4*1-2(3)4;;/h2*1-9H,(H,13,14,15);4*1H3,(H,3,4);;/q;;;;;;2*+2/p-4. The Balaban J connectivity index is -0.000000273. The van der Waals surface area contributed by atoms with Crippen molar-refractivity contribution in [2.24, 2.45) is 0 Å². The second kappa shape index (κ2) is 31.8. The molecule has 0 fully saturated rings. The maximum Gasteiger partial charge on any atom is 2.00 e. The van der Waals surface area contributed by atoms with Gasteiger partial charge in [-0.3, -0.25) is 19.6 Å². The molecule has 0 saturated carbocycles. The molecule has 244 valence electrons. The third-order valence-electron chi connectivity index (χ3n) is 3.95. The van der Waals surface area contributed by atoms with E-state index in [1.165, 1.54) is 0 Å². The largest absolute Gasteiger partial charge is 2.00 e. The number of carboxylic acid groups (broad SMARTS) is 4. The summed E-state index contributed by atoms with van der Waals surface area (Å²) in [6, 6.07) is 25.2. The zero-order chi connectivity index (χ0) is 35.3. The van der Waals surface area contributed by atoms with Crippen molar-refractivity contribution < 1.29 is 88.1 Å². The van der Waals surface area contributed by atoms with Gasteiger partial charge in [0.15, 0.2) is 0 Å². The fraction of sp³-hybridized carbons (Fsp3) is 0.125. The number of aromatic nitrogens is 2. The molecular formula is C32H32N4O10Zn2. The molecule has 0 bridgehead atoms. The average molecular weight is 763 g/mol. The van der Waals surface area contributed by atoms with Crippen molar-refractivity contribution in [1.29, 1.82) is 0 Å². The number of hydrogen-bond acceptors (Lipinski definition) is 12. The molecule has 2 heterocycles. The number of carbonyl (C=O) groups is 6. The van der Waals surface area contributed by atoms with Gasteiger partial charge in [0, 0.05) is 71.2 Å². The van der Waals surface area contributed by atoms with E-state index in [9.17, 15) is 9.59 Å². The van der Waals surface area contributed by atoms with Crippen LogP contribution in [-0.4, -0.2) is 45.7 Å². The van der Waals surface area contributed by atoms with E-state index in [-0.39, 0.29) is 50.8 Å². The molecule has 2 amide bonds. The molecule has 2 aromatic carbocycles. The molecule has 0 spiro atoms. The molecule has 2 aromatic heterocycles. The molecule has 2 N–H and O–H groups in total. The van der Waals surface area contributed by atoms with Crippen molar-refractivity contribution in [2.45, 2.75) is 27.7 Å². The van der Waals surface area contributed by atoms with Crippen LogP contribution >= 0.6 is 0 Å². The van der Waals surface area contributed by atoms with Gasteiger partial charge in [0.2, 0.25) is 0 Å². The van der Waals surface area contributed by atoms with Gasteiger partial charge >= 0.3 is 39.0 Å². The third-order valence-corrected chi connectivity index (χ3v) is 3.95. The van der Waals surface area contributed by atoms with Gasteiger partial charge in [-0.15, -0.1) is 0 Å². The van der Waals surface area contributed by atoms with Gasteiger partial charge in [0.1, 0.15) is 0 Å². The topological polar surface area (TPSA) is 244 Å². The second-order valence-electron chi connectivity index (χ2n) is 8.08. The molecule has 48 heavy (non-hydrogen) atoms. The number of amides is 2. The fourth-order valence-electron chi connectivity index (χ4n) is 2.46. The summed E-state index contributed by atoms with van der Waals surface area (Å²) in [6.45, 7) is 3.89. The van der Waals surface area contributed by atoms with Crippen LogP contribution in [0, 0.1) is 0 Å². The maximum absolute atomic E-state index is 11.7. The molecule has 0 aliphatic rings. The van der Waals surface area contributed by atoms with E-state index in [1.54, 1.807) is 73.3 Å². The Bertz CT molecular complexity index is 1310. The number of pyridine rings is 2. The van der Waals surface area contributed by atoms with Crippen LogP contribution in [0.25, 0.3) is 0 Å². The summed E-state index contributed by atoms with van der Waals surface area (Å²) < 4.78 is 0. The quantitative estimate of drug-likeness (QED) is 0.254. The van der Waals surface area contributed by atoms with Crippen LogP contribution < -0.4 is 31.1 Å². The zero-order valence-corrected chi connectivity index (χ0v) is 32.7. The van der Waals surface area contributed by atoms with E-state index in [2.05, 4.69) is 20.6 Å². The fourth-order valence-corrected chi connectivity index (χ4v) is 2.46. The van der Waals surface area contributed by atoms with Crippen LogP contribution in [0.5, 0.6) is 0 Å². The smallest absolute Gasteiger partial charge is 0.550 e. The molecule has 14 nitrogen and oxygen atoms in total. The summed E-state index contributed by atoms with van der Waals surface area (Å²) in [5.41, 5.74) is 2.79. The number of carboxylic acids is 4. The monoisotopic (exact) mass is 760 g/mol. The van der Waals surface area contributed by atoms with Crippen molar-refractivity contribution in [3.8, 4) is 0 Å². The normalized spacial score (nSPS) is 8.08. The molecule has 4 rings (SSSR count). The minimum Gasteiger partial charge on any atom is -0.550 e. The molecule has 0 atom stereocenters. The number of aliphatic carboxylic acids is 4. The van der Waals surface area contributed by atoms with Crippen LogP contribution in [0.1, 0.15) is 48.4 Å². The molecule has 0 aliphatic carbocycles. The summed E-state index contributed by atoms with van der Waals surface area (Å²) in [5.74, 6) is -4.55. The van der Waals surface area contributed by atoms with Crippen LogP contribution in [0.3, 0.4) is 0 Å². The zero-order valence-electron chi connectivity index (χ0n) is 26.8. The van der Waals surface area contributed by atoms with Gasteiger partial charge < -0.3 is 50.2 Å². The number of anilines is 2. The first kappa shape index (κ1) is 49.7. The molecular weight excluding hydrogens is 731 g/mol. The molecule has 16 heteroatoms. The van der Waals surface area contributed by atoms with Crippen molar-refractivity contribution in [3.63, 3.8) is 0 Å². The van der Waals surface area contributed by atoms with E-state index >= 15 is 0 Å². The summed E-state index contributed by atoms with van der Waals surface area (Å²) in [6.07, 6.45) is 6.56. The van der Waals surface area contributed by atoms with Crippen LogP contribution in [0.15, 0.2) is 110 Å². The van der Waals surface area contributed by atoms with Crippen molar-refractivity contribution in [3.05, 3.63) is 121 Å². The van der Waals surface area contributed by atoms with E-state index in [0.29, 0.717) is 11.1 Å². The average Bonchev–Trinajstić information content (AvgIpc) is 2.98. The van der Waals surface area contributed by atoms with E-state index in [0.717, 1.165) is 39.1 Å². The van der Waals surface area contributed by atoms with Crippen LogP contribution in [0.4, 0.5) is 11.4 Å². The number of nitrogens with zero attached hydrogens (tertiary/aromatic N) is 2. The Morgan fingerprint density at radius 3 is 0.854 bits per heavy atom. The van der Waals surface area contributed by atoms with E-state index < -0.39 is 23.9 Å². The second-order valence-corrected chi connectivity index (χ2v) is 8.08. The summed E-state index contributed by atoms with van der Waals surface area (Å²) in [4.78, 5) is 66.7. The number of nitrogens with one attached hydrogen (secondary N) is 2. The van der Waals surface area contributed by atoms with Crippen molar-refractivity contribution >= 4 is 47.1 Å². The van der Waals surface area contributed by atoms with Crippen LogP contribution in [-0.2, 0) is 58.1 Å². The number of carbonyl (C=O) groups excluding carboxylic acids is 6. The van der Waals surface area contributed by atoms with Gasteiger partial charge in [-0.05, 0) is 76.2 Å². The maximum atomic E-state index is 11.7. The Kier molecular flexibility index (Phi) is 32.9. The van der Waals surface area contributed by atoms with Crippen LogP contribution in [0.2, 0.25) is 0 Å². The number of rotatable bonds is 4. The van der Waals surface area contributed by atoms with E-state index in [4.69, 9.17) is 39.6 Å². The number of hydrogen-bond donors (Lipinski definition) is 2. The first-order chi connectivity index (χ1) is 21.6. The predicted molar refractivity (Wildman–Crippen MR) is 160 cm³/mol. The molecule has 4 aromatic rings. The first-order valence-corrected chi connectivity index (χ1v) is 12.9. The molecule has 0 saturated heterocycles. The van der Waals surface area contributed by atoms with Gasteiger partial charge in [-0.2, -0.15) is 0 Å². The predicted octanol–water partition coefficient (Wildman–Crippen LogP) is -0.312. The molecule has 0 unspecified atom stereocenters. The first-order valence-electron chi connectivity index (χ1n) is 12.9. The number of benzene rings is 2. The van der Waals surface area contributed by atoms with Gasteiger partial charge in [0.05, 0.1) is 0 Å². The molecule has 0 radical (unpaired) electrons. The Hall–Kier alpha value is -5.19. The SMILES string of the molecule is CC(=O)[O-].CC(=O)[O-].CC(=O)[O-].CC(=O)[O-].O=C(Nc1ccncc1)c1ccccc1.O=C(Nc1ccncc1)c1ccccc1.[Zn+2].[Zn+2]. The minimum atomic E-state index is -1.08. The Morgan fingerprint density at radius 1 is 0.438 bits per heavy atom. The van der Waals surface area contributed by atoms with Gasteiger partial charge in [0.25, 0.3) is 11.8 Å². The van der Waals surface area contributed by atoms with Gasteiger partial charge in [-0.25, -0.2) is 0 Å². The summed E-state index contributed by atoms with van der Waals surface area (Å²) in [5, 5.41) is 41.1. The van der Waals surface area contributed by atoms with E-state index in [1.807, 2.05) is 36.4 Å². The van der Waals surface area contributed by atoms with Crippen molar-refractivity contribution in [2.75, 3.05) is 10.6 Å². The van der Waals surface area contributed by atoms with Gasteiger partial charge in [-0.1, -0.05) is 36.4 Å². The third kappa shape index (κ3) is 35.3. The summed E-state index contributed by atoms with van der Waals surface area (Å²) in [7, 11) is 0. The minimum absolute atomic E-state index is 0. The Morgan fingerprint density at radius 2 is 0.646 bits per heavy atom. The summed E-state index contributed by atoms with van der Waals surface area (Å²) >= 11 is 0. The van der Waals surface area contributed by atoms with Crippen molar-refractivity contribution in [1.82, 2.24) is 9.97 Å².